The van der Waals surface area contributed by atoms with Crippen molar-refractivity contribution in [3.63, 3.8) is 0 Å². The molecule has 0 unspecified atom stereocenters. The third-order valence-electron chi connectivity index (χ3n) is 4.77. The third-order valence-corrected chi connectivity index (χ3v) is 4.77. The zero-order chi connectivity index (χ0) is 17.9. The van der Waals surface area contributed by atoms with Gasteiger partial charge in [-0.2, -0.15) is 5.10 Å². The number of aromatic nitrogens is 2. The van der Waals surface area contributed by atoms with Crippen molar-refractivity contribution in [2.45, 2.75) is 12.8 Å². The molecule has 1 aromatic heterocycles. The fourth-order valence-electron chi connectivity index (χ4n) is 3.25. The van der Waals surface area contributed by atoms with Crippen molar-refractivity contribution < 1.29 is 0 Å². The molecular formula is C22H22N4. The number of nitrogen functional groups attached to an aromatic ring is 1. The van der Waals surface area contributed by atoms with Crippen LogP contribution in [0.2, 0.25) is 0 Å². The minimum atomic E-state index is 0.762. The monoisotopic (exact) mass is 342 g/mol. The van der Waals surface area contributed by atoms with E-state index in [0.717, 1.165) is 35.4 Å². The molecule has 3 aromatic carbocycles. The molecule has 4 rings (SSSR count). The molecule has 1 heterocycles. The normalized spacial score (nSPS) is 11.0. The molecule has 0 aliphatic heterocycles. The van der Waals surface area contributed by atoms with E-state index in [1.807, 2.05) is 31.3 Å². The van der Waals surface area contributed by atoms with E-state index >= 15 is 0 Å². The van der Waals surface area contributed by atoms with Gasteiger partial charge in [0, 0.05) is 35.2 Å². The van der Waals surface area contributed by atoms with Crippen LogP contribution in [0, 0.1) is 0 Å². The summed E-state index contributed by atoms with van der Waals surface area (Å²) in [5, 5.41) is 8.91. The summed E-state index contributed by atoms with van der Waals surface area (Å²) in [6.07, 6.45) is 1.95. The highest BCUT2D eigenvalue weighted by atomic mass is 15.1. The average molecular weight is 342 g/mol. The standard InChI is InChI=1S/C22H22N4/c1-26(18-9-5-8-17(23)14-18)19-11-12-20-21(24-25-22(20)15-19)13-10-16-6-3-2-4-7-16/h2-9,11-12,14-15H,10,13,23H2,1H3,(H,24,25). The SMILES string of the molecule is CN(c1cccc(N)c1)c1ccc2c(CCc3ccccc3)[nH]nc2c1. The molecule has 0 bridgehead atoms. The lowest BCUT2D eigenvalue weighted by atomic mass is 10.1. The zero-order valence-corrected chi connectivity index (χ0v) is 14.8. The predicted octanol–water partition coefficient (Wildman–Crippen LogP) is 4.70. The molecule has 4 nitrogen and oxygen atoms in total. The van der Waals surface area contributed by atoms with Crippen LogP contribution in [-0.2, 0) is 12.8 Å². The van der Waals surface area contributed by atoms with Crippen LogP contribution < -0.4 is 10.6 Å². The van der Waals surface area contributed by atoms with E-state index in [1.54, 1.807) is 0 Å². The van der Waals surface area contributed by atoms with Crippen molar-refractivity contribution in [3.05, 3.63) is 84.1 Å². The van der Waals surface area contributed by atoms with Crippen LogP contribution in [0.5, 0.6) is 0 Å². The van der Waals surface area contributed by atoms with Gasteiger partial charge in [0.15, 0.2) is 0 Å². The van der Waals surface area contributed by atoms with E-state index in [-0.39, 0.29) is 0 Å². The molecule has 130 valence electrons. The zero-order valence-electron chi connectivity index (χ0n) is 14.8. The van der Waals surface area contributed by atoms with Crippen LogP contribution >= 0.6 is 0 Å². The second kappa shape index (κ2) is 6.92. The largest absolute Gasteiger partial charge is 0.399 e. The first-order valence-electron chi connectivity index (χ1n) is 8.81. The number of aryl methyl sites for hydroxylation is 2. The Balaban J connectivity index is 1.57. The first kappa shape index (κ1) is 16.2. The van der Waals surface area contributed by atoms with Gasteiger partial charge in [0.25, 0.3) is 0 Å². The van der Waals surface area contributed by atoms with E-state index in [9.17, 15) is 0 Å². The Bertz CT molecular complexity index is 1020. The molecule has 0 spiro atoms. The van der Waals surface area contributed by atoms with E-state index < -0.39 is 0 Å². The Morgan fingerprint density at radius 2 is 1.69 bits per heavy atom. The molecule has 0 saturated heterocycles. The summed E-state index contributed by atoms with van der Waals surface area (Å²) < 4.78 is 0. The molecule has 4 heteroatoms. The highest BCUT2D eigenvalue weighted by Gasteiger charge is 2.10. The lowest BCUT2D eigenvalue weighted by molar-refractivity contribution is 0.901. The maximum absolute atomic E-state index is 5.91. The number of hydrogen-bond donors (Lipinski definition) is 2. The van der Waals surface area contributed by atoms with Crippen molar-refractivity contribution in [2.24, 2.45) is 0 Å². The first-order chi connectivity index (χ1) is 12.7. The number of fused-ring (bicyclic) bond motifs is 1. The fraction of sp³-hybridized carbons (Fsp3) is 0.136. The summed E-state index contributed by atoms with van der Waals surface area (Å²) >= 11 is 0. The van der Waals surface area contributed by atoms with Crippen molar-refractivity contribution in [1.82, 2.24) is 10.2 Å². The first-order valence-corrected chi connectivity index (χ1v) is 8.81. The maximum Gasteiger partial charge on any atom is 0.0944 e. The molecule has 0 aliphatic carbocycles. The van der Waals surface area contributed by atoms with Gasteiger partial charge in [-0.15, -0.1) is 0 Å². The Hall–Kier alpha value is -3.27. The number of hydrogen-bond acceptors (Lipinski definition) is 3. The molecule has 0 radical (unpaired) electrons. The van der Waals surface area contributed by atoms with E-state index in [1.165, 1.54) is 16.6 Å². The minimum Gasteiger partial charge on any atom is -0.399 e. The Kier molecular flexibility index (Phi) is 4.32. The molecule has 26 heavy (non-hydrogen) atoms. The number of aromatic amines is 1. The van der Waals surface area contributed by atoms with Crippen LogP contribution in [0.25, 0.3) is 10.9 Å². The number of nitrogens with two attached hydrogens (primary N) is 1. The summed E-state index contributed by atoms with van der Waals surface area (Å²) in [5.74, 6) is 0. The van der Waals surface area contributed by atoms with Crippen molar-refractivity contribution >= 4 is 28.0 Å². The van der Waals surface area contributed by atoms with Gasteiger partial charge in [0.05, 0.1) is 5.52 Å². The Morgan fingerprint density at radius 1 is 0.885 bits per heavy atom. The maximum atomic E-state index is 5.91. The topological polar surface area (TPSA) is 57.9 Å². The summed E-state index contributed by atoms with van der Waals surface area (Å²) in [5.41, 5.74) is 12.3. The molecule has 0 fully saturated rings. The van der Waals surface area contributed by atoms with Crippen molar-refractivity contribution in [2.75, 3.05) is 17.7 Å². The van der Waals surface area contributed by atoms with Gasteiger partial charge >= 0.3 is 0 Å². The highest BCUT2D eigenvalue weighted by molar-refractivity contribution is 5.86. The molecule has 0 atom stereocenters. The smallest absolute Gasteiger partial charge is 0.0944 e. The number of nitrogens with zero attached hydrogens (tertiary/aromatic N) is 2. The molecule has 4 aromatic rings. The van der Waals surface area contributed by atoms with Crippen molar-refractivity contribution in [1.29, 1.82) is 0 Å². The number of rotatable bonds is 5. The highest BCUT2D eigenvalue weighted by Crippen LogP contribution is 2.28. The van der Waals surface area contributed by atoms with Crippen molar-refractivity contribution in [3.8, 4) is 0 Å². The van der Waals surface area contributed by atoms with Gasteiger partial charge in [-0.3, -0.25) is 5.10 Å². The lowest BCUT2D eigenvalue weighted by Crippen LogP contribution is -2.09. The second-order valence-electron chi connectivity index (χ2n) is 6.54. The fourth-order valence-corrected chi connectivity index (χ4v) is 3.25. The van der Waals surface area contributed by atoms with Crippen LogP contribution in [-0.4, -0.2) is 17.2 Å². The summed E-state index contributed by atoms with van der Waals surface area (Å²) in [4.78, 5) is 2.12. The summed E-state index contributed by atoms with van der Waals surface area (Å²) in [6, 6.07) is 24.8. The predicted molar refractivity (Wildman–Crippen MR) is 109 cm³/mol. The van der Waals surface area contributed by atoms with Crippen LogP contribution in [0.3, 0.4) is 0 Å². The number of nitrogens with one attached hydrogen (secondary N) is 1. The molecule has 0 amide bonds. The second-order valence-corrected chi connectivity index (χ2v) is 6.54. The number of benzene rings is 3. The lowest BCUT2D eigenvalue weighted by Gasteiger charge is -2.19. The van der Waals surface area contributed by atoms with Gasteiger partial charge in [0.1, 0.15) is 0 Å². The molecule has 0 saturated carbocycles. The average Bonchev–Trinajstić information content (AvgIpc) is 3.09. The van der Waals surface area contributed by atoms with Gasteiger partial charge in [-0.1, -0.05) is 36.4 Å². The summed E-state index contributed by atoms with van der Waals surface area (Å²) in [7, 11) is 2.04. The van der Waals surface area contributed by atoms with Crippen LogP contribution in [0.1, 0.15) is 11.3 Å². The molecule has 3 N–H and O–H groups in total. The molecule has 0 aliphatic rings. The van der Waals surface area contributed by atoms with Gasteiger partial charge in [-0.05, 0) is 54.8 Å². The Morgan fingerprint density at radius 3 is 2.50 bits per heavy atom. The number of anilines is 3. The van der Waals surface area contributed by atoms with E-state index in [4.69, 9.17) is 5.73 Å². The van der Waals surface area contributed by atoms with Gasteiger partial charge in [0.2, 0.25) is 0 Å². The van der Waals surface area contributed by atoms with E-state index in [0.29, 0.717) is 0 Å². The number of H-pyrrole nitrogens is 1. The quantitative estimate of drug-likeness (QED) is 0.517. The Labute approximate surface area is 153 Å². The van der Waals surface area contributed by atoms with Crippen LogP contribution in [0.15, 0.2) is 72.8 Å². The van der Waals surface area contributed by atoms with Gasteiger partial charge in [-0.25, -0.2) is 0 Å². The third kappa shape index (κ3) is 3.26. The van der Waals surface area contributed by atoms with Gasteiger partial charge < -0.3 is 10.6 Å². The summed E-state index contributed by atoms with van der Waals surface area (Å²) in [6.45, 7) is 0. The molecular weight excluding hydrogens is 320 g/mol. The van der Waals surface area contributed by atoms with Crippen LogP contribution in [0.4, 0.5) is 17.1 Å². The minimum absolute atomic E-state index is 0.762. The van der Waals surface area contributed by atoms with E-state index in [2.05, 4.69) is 63.6 Å².